The molecule has 1 N–H and O–H groups in total. The first-order valence-corrected chi connectivity index (χ1v) is 9.03. The van der Waals surface area contributed by atoms with Crippen LogP contribution in [-0.2, 0) is 19.3 Å². The Labute approximate surface area is 140 Å². The first-order chi connectivity index (χ1) is 10.8. The zero-order chi connectivity index (χ0) is 17.5. The number of esters is 1. The van der Waals surface area contributed by atoms with Crippen molar-refractivity contribution in [1.29, 1.82) is 0 Å². The second-order valence-corrected chi connectivity index (χ2v) is 7.36. The van der Waals surface area contributed by atoms with Crippen LogP contribution in [-0.4, -0.2) is 34.5 Å². The van der Waals surface area contributed by atoms with Gasteiger partial charge in [-0.2, -0.15) is 0 Å². The van der Waals surface area contributed by atoms with Crippen LogP contribution in [0.15, 0.2) is 0 Å². The number of aliphatic hydroxyl groups is 1. The molecule has 0 aromatic carbocycles. The third-order valence-corrected chi connectivity index (χ3v) is 4.31. The lowest BCUT2D eigenvalue weighted by Crippen LogP contribution is -2.63. The molecule has 0 aliphatic carbocycles. The molecule has 1 aliphatic rings. The zero-order valence-electron chi connectivity index (χ0n) is 15.4. The van der Waals surface area contributed by atoms with Crippen LogP contribution >= 0.6 is 0 Å². The van der Waals surface area contributed by atoms with Crippen LogP contribution in [0.5, 0.6) is 0 Å². The van der Waals surface area contributed by atoms with Crippen molar-refractivity contribution in [3.8, 4) is 0 Å². The summed E-state index contributed by atoms with van der Waals surface area (Å²) in [6, 6.07) is 0. The Bertz CT molecular complexity index is 366. The molecule has 136 valence electrons. The lowest BCUT2D eigenvalue weighted by atomic mass is 9.85. The molecule has 1 aliphatic heterocycles. The Morgan fingerprint density at radius 3 is 2.39 bits per heavy atom. The van der Waals surface area contributed by atoms with Crippen LogP contribution in [0, 0.1) is 0 Å². The fraction of sp³-hybridized carbons (Fsp3) is 0.944. The fourth-order valence-corrected chi connectivity index (χ4v) is 3.09. The fourth-order valence-electron chi connectivity index (χ4n) is 3.09. The molecule has 1 fully saturated rings. The Kier molecular flexibility index (Phi) is 7.98. The van der Waals surface area contributed by atoms with Crippen LogP contribution in [0.1, 0.15) is 86.0 Å². The summed E-state index contributed by atoms with van der Waals surface area (Å²) in [5, 5.41) is 9.56. The van der Waals surface area contributed by atoms with Crippen molar-refractivity contribution in [2.45, 2.75) is 109 Å². The minimum atomic E-state index is -0.973. The molecule has 5 heteroatoms. The molecule has 1 saturated heterocycles. The molecule has 0 spiro atoms. The van der Waals surface area contributed by atoms with Gasteiger partial charge in [0.05, 0.1) is 6.10 Å². The summed E-state index contributed by atoms with van der Waals surface area (Å²) >= 11 is 0. The van der Waals surface area contributed by atoms with Crippen molar-refractivity contribution >= 4 is 5.97 Å². The van der Waals surface area contributed by atoms with E-state index >= 15 is 0 Å². The van der Waals surface area contributed by atoms with E-state index in [9.17, 15) is 9.90 Å². The Morgan fingerprint density at radius 1 is 1.26 bits per heavy atom. The van der Waals surface area contributed by atoms with E-state index in [-0.39, 0.29) is 12.1 Å². The minimum absolute atomic E-state index is 0.226. The van der Waals surface area contributed by atoms with Gasteiger partial charge in [-0.05, 0) is 40.0 Å². The average molecular weight is 330 g/mol. The highest BCUT2D eigenvalue weighted by Gasteiger charge is 2.58. The van der Waals surface area contributed by atoms with Crippen LogP contribution in [0.25, 0.3) is 0 Å². The third-order valence-electron chi connectivity index (χ3n) is 4.31. The van der Waals surface area contributed by atoms with E-state index < -0.39 is 17.3 Å². The van der Waals surface area contributed by atoms with E-state index in [1.165, 1.54) is 0 Å². The van der Waals surface area contributed by atoms with Crippen molar-refractivity contribution in [3.05, 3.63) is 0 Å². The number of carbonyl (C=O) groups excluding carboxylic acids is 1. The standard InChI is InChI=1S/C18H34O5/c1-6-8-10-11-15-18(23-22-15,12-9-7-2)16(20)21-17(4,5)13-14(3)19/h14-15,19H,6-13H2,1-5H3. The lowest BCUT2D eigenvalue weighted by Gasteiger charge is -2.46. The van der Waals surface area contributed by atoms with E-state index in [4.69, 9.17) is 14.5 Å². The summed E-state index contributed by atoms with van der Waals surface area (Å²) in [4.78, 5) is 23.4. The van der Waals surface area contributed by atoms with Crippen LogP contribution < -0.4 is 0 Å². The van der Waals surface area contributed by atoms with Crippen LogP contribution in [0.4, 0.5) is 0 Å². The highest BCUT2D eigenvalue weighted by atomic mass is 17.3. The molecule has 5 nitrogen and oxygen atoms in total. The van der Waals surface area contributed by atoms with Crippen molar-refractivity contribution < 1.29 is 24.4 Å². The number of rotatable bonds is 11. The van der Waals surface area contributed by atoms with E-state index in [2.05, 4.69) is 13.8 Å². The summed E-state index contributed by atoms with van der Waals surface area (Å²) < 4.78 is 5.69. The summed E-state index contributed by atoms with van der Waals surface area (Å²) in [5.41, 5.74) is -1.70. The number of hydrogen-bond acceptors (Lipinski definition) is 5. The van der Waals surface area contributed by atoms with E-state index in [1.807, 2.05) is 13.8 Å². The van der Waals surface area contributed by atoms with Gasteiger partial charge in [-0.3, -0.25) is 0 Å². The molecule has 0 saturated carbocycles. The van der Waals surface area contributed by atoms with Crippen molar-refractivity contribution in [2.24, 2.45) is 0 Å². The summed E-state index contributed by atoms with van der Waals surface area (Å²) in [5.74, 6) is -0.357. The SMILES string of the molecule is CCCCCC1OOC1(CCCC)C(=O)OC(C)(C)CC(C)O. The molecule has 23 heavy (non-hydrogen) atoms. The van der Waals surface area contributed by atoms with Gasteiger partial charge >= 0.3 is 5.97 Å². The average Bonchev–Trinajstić information content (AvgIpc) is 2.41. The number of ether oxygens (including phenoxy) is 1. The number of unbranched alkanes of at least 4 members (excludes halogenated alkanes) is 3. The second kappa shape index (κ2) is 9.00. The molecular formula is C18H34O5. The van der Waals surface area contributed by atoms with E-state index in [1.54, 1.807) is 6.92 Å². The van der Waals surface area contributed by atoms with Crippen molar-refractivity contribution in [1.82, 2.24) is 0 Å². The maximum atomic E-state index is 12.8. The first kappa shape index (κ1) is 20.4. The monoisotopic (exact) mass is 330 g/mol. The molecular weight excluding hydrogens is 296 g/mol. The topological polar surface area (TPSA) is 65.0 Å². The quantitative estimate of drug-likeness (QED) is 0.353. The molecule has 0 aromatic heterocycles. The predicted molar refractivity (Wildman–Crippen MR) is 88.8 cm³/mol. The molecule has 3 atom stereocenters. The maximum Gasteiger partial charge on any atom is 0.345 e. The van der Waals surface area contributed by atoms with Crippen molar-refractivity contribution in [2.75, 3.05) is 0 Å². The Morgan fingerprint density at radius 2 is 1.91 bits per heavy atom. The van der Waals surface area contributed by atoms with E-state index in [0.29, 0.717) is 12.8 Å². The maximum absolute atomic E-state index is 12.8. The van der Waals surface area contributed by atoms with Crippen LogP contribution in [0.2, 0.25) is 0 Å². The zero-order valence-corrected chi connectivity index (χ0v) is 15.4. The normalized spacial score (nSPS) is 25.7. The highest BCUT2D eigenvalue weighted by Crippen LogP contribution is 2.40. The first-order valence-electron chi connectivity index (χ1n) is 9.03. The van der Waals surface area contributed by atoms with Gasteiger partial charge in [0.25, 0.3) is 0 Å². The van der Waals surface area contributed by atoms with Crippen molar-refractivity contribution in [3.63, 3.8) is 0 Å². The van der Waals surface area contributed by atoms with Gasteiger partial charge in [0, 0.05) is 6.42 Å². The van der Waals surface area contributed by atoms with Gasteiger partial charge in [-0.25, -0.2) is 14.6 Å². The number of aliphatic hydroxyl groups excluding tert-OH is 1. The van der Waals surface area contributed by atoms with E-state index in [0.717, 1.165) is 38.5 Å². The molecule has 1 heterocycles. The van der Waals surface area contributed by atoms with Gasteiger partial charge in [-0.1, -0.05) is 39.5 Å². The molecule has 1 rings (SSSR count). The third kappa shape index (κ3) is 5.73. The van der Waals surface area contributed by atoms with Gasteiger partial charge in [-0.15, -0.1) is 0 Å². The predicted octanol–water partition coefficient (Wildman–Crippen LogP) is 3.92. The molecule has 0 aromatic rings. The second-order valence-electron chi connectivity index (χ2n) is 7.36. The Balaban J connectivity index is 2.74. The van der Waals surface area contributed by atoms with Crippen LogP contribution in [0.3, 0.4) is 0 Å². The highest BCUT2D eigenvalue weighted by molar-refractivity contribution is 5.81. The van der Waals surface area contributed by atoms with Gasteiger partial charge in [0.1, 0.15) is 11.7 Å². The Hall–Kier alpha value is -0.650. The molecule has 0 amide bonds. The van der Waals surface area contributed by atoms with Gasteiger partial charge in [0.15, 0.2) is 0 Å². The lowest BCUT2D eigenvalue weighted by molar-refractivity contribution is -0.500. The largest absolute Gasteiger partial charge is 0.457 e. The smallest absolute Gasteiger partial charge is 0.345 e. The summed E-state index contributed by atoms with van der Waals surface area (Å²) in [7, 11) is 0. The number of hydrogen-bond donors (Lipinski definition) is 1. The summed E-state index contributed by atoms with van der Waals surface area (Å²) in [6.45, 7) is 9.56. The molecule has 0 radical (unpaired) electrons. The van der Waals surface area contributed by atoms with Gasteiger partial charge < -0.3 is 9.84 Å². The number of carbonyl (C=O) groups is 1. The van der Waals surface area contributed by atoms with Gasteiger partial charge in [0.2, 0.25) is 5.60 Å². The molecule has 0 bridgehead atoms. The minimum Gasteiger partial charge on any atom is -0.457 e. The summed E-state index contributed by atoms with van der Waals surface area (Å²) in [6.07, 6.45) is 6.20. The molecule has 3 unspecified atom stereocenters.